The Labute approximate surface area is 137 Å². The fraction of sp³-hybridized carbons (Fsp3) is 0.529. The number of nitrogens with two attached hydrogens (primary N) is 1. The summed E-state index contributed by atoms with van der Waals surface area (Å²) in [5.74, 6) is 0. The molecule has 0 saturated carbocycles. The smallest absolute Gasteiger partial charge is 0.135 e. The zero-order chi connectivity index (χ0) is 16.0. The van der Waals surface area contributed by atoms with E-state index in [-0.39, 0.29) is 0 Å². The number of nitrogens with zero attached hydrogens (tertiary/aromatic N) is 1. The van der Waals surface area contributed by atoms with E-state index in [1.54, 1.807) is 11.8 Å². The van der Waals surface area contributed by atoms with E-state index in [2.05, 4.69) is 36.2 Å². The van der Waals surface area contributed by atoms with E-state index in [1.807, 2.05) is 18.2 Å². The van der Waals surface area contributed by atoms with E-state index in [1.165, 1.54) is 0 Å². The minimum atomic E-state index is -0.817. The largest absolute Gasteiger partial charge is 0.383 e. The number of anilines is 1. The number of thioether (sulfide) groups is 1. The SMILES string of the molecule is CCN(CC)CCC1(O)C=Cc2c(NCCN)cccc2S1. The molecule has 1 aliphatic heterocycles. The summed E-state index contributed by atoms with van der Waals surface area (Å²) in [7, 11) is 0. The van der Waals surface area contributed by atoms with Crippen molar-refractivity contribution in [1.82, 2.24) is 4.90 Å². The predicted molar refractivity (Wildman–Crippen MR) is 96.2 cm³/mol. The van der Waals surface area contributed by atoms with Crippen LogP contribution < -0.4 is 11.1 Å². The van der Waals surface area contributed by atoms with Gasteiger partial charge >= 0.3 is 0 Å². The lowest BCUT2D eigenvalue weighted by Crippen LogP contribution is -2.32. The molecular formula is C17H27N3OS. The highest BCUT2D eigenvalue weighted by atomic mass is 32.2. The maximum absolute atomic E-state index is 10.8. The summed E-state index contributed by atoms with van der Waals surface area (Å²) in [5.41, 5.74) is 7.79. The zero-order valence-electron chi connectivity index (χ0n) is 13.5. The maximum Gasteiger partial charge on any atom is 0.135 e. The predicted octanol–water partition coefficient (Wildman–Crippen LogP) is 2.60. The molecule has 0 saturated heterocycles. The molecular weight excluding hydrogens is 294 g/mol. The van der Waals surface area contributed by atoms with Crippen molar-refractivity contribution in [2.45, 2.75) is 30.1 Å². The van der Waals surface area contributed by atoms with Crippen LogP contribution in [0.15, 0.2) is 29.2 Å². The van der Waals surface area contributed by atoms with Gasteiger partial charge in [-0.3, -0.25) is 0 Å². The second kappa shape index (κ2) is 8.02. The molecule has 0 fully saturated rings. The Morgan fingerprint density at radius 1 is 1.32 bits per heavy atom. The highest BCUT2D eigenvalue weighted by Crippen LogP contribution is 2.43. The molecule has 1 atom stereocenters. The molecule has 122 valence electrons. The first-order valence-electron chi connectivity index (χ1n) is 8.01. The average molecular weight is 321 g/mol. The lowest BCUT2D eigenvalue weighted by Gasteiger charge is -2.31. The summed E-state index contributed by atoms with van der Waals surface area (Å²) >= 11 is 1.54. The molecule has 0 bridgehead atoms. The quantitative estimate of drug-likeness (QED) is 0.687. The van der Waals surface area contributed by atoms with Gasteiger partial charge in [-0.1, -0.05) is 37.8 Å². The Morgan fingerprint density at radius 2 is 2.09 bits per heavy atom. The van der Waals surface area contributed by atoms with Crippen molar-refractivity contribution in [3.05, 3.63) is 29.8 Å². The summed E-state index contributed by atoms with van der Waals surface area (Å²) in [6.45, 7) is 8.61. The molecule has 1 aromatic rings. The highest BCUT2D eigenvalue weighted by molar-refractivity contribution is 8.00. The van der Waals surface area contributed by atoms with Crippen LogP contribution in [0.2, 0.25) is 0 Å². The monoisotopic (exact) mass is 321 g/mol. The Bertz CT molecular complexity index is 517. The van der Waals surface area contributed by atoms with Crippen LogP contribution in [0.3, 0.4) is 0 Å². The standard InChI is InChI=1S/C17H27N3OS/c1-3-20(4-2)13-10-17(21)9-8-14-15(19-12-11-18)6-5-7-16(14)22-17/h5-9,19,21H,3-4,10-13,18H2,1-2H3. The van der Waals surface area contributed by atoms with Gasteiger partial charge in [0, 0.05) is 42.2 Å². The average Bonchev–Trinajstić information content (AvgIpc) is 2.53. The number of hydrogen-bond donors (Lipinski definition) is 3. The van der Waals surface area contributed by atoms with Crippen LogP contribution in [0.4, 0.5) is 5.69 Å². The Morgan fingerprint density at radius 3 is 2.77 bits per heavy atom. The molecule has 5 heteroatoms. The van der Waals surface area contributed by atoms with Gasteiger partial charge in [0.1, 0.15) is 4.93 Å². The summed E-state index contributed by atoms with van der Waals surface area (Å²) in [6, 6.07) is 6.15. The molecule has 4 N–H and O–H groups in total. The molecule has 0 aromatic heterocycles. The topological polar surface area (TPSA) is 61.5 Å². The van der Waals surface area contributed by atoms with Crippen LogP contribution in [0, 0.1) is 0 Å². The van der Waals surface area contributed by atoms with Crippen molar-refractivity contribution in [3.63, 3.8) is 0 Å². The molecule has 2 rings (SSSR count). The van der Waals surface area contributed by atoms with Crippen LogP contribution >= 0.6 is 11.8 Å². The van der Waals surface area contributed by atoms with E-state index in [0.29, 0.717) is 6.54 Å². The fourth-order valence-corrected chi connectivity index (χ4v) is 3.74. The molecule has 1 aromatic carbocycles. The summed E-state index contributed by atoms with van der Waals surface area (Å²) < 4.78 is 0. The van der Waals surface area contributed by atoms with E-state index in [9.17, 15) is 5.11 Å². The van der Waals surface area contributed by atoms with E-state index in [4.69, 9.17) is 5.73 Å². The summed E-state index contributed by atoms with van der Waals surface area (Å²) in [5, 5.41) is 14.2. The second-order valence-electron chi connectivity index (χ2n) is 5.49. The van der Waals surface area contributed by atoms with Gasteiger partial charge in [0.15, 0.2) is 0 Å². The number of nitrogens with one attached hydrogen (secondary N) is 1. The Hall–Kier alpha value is -1.01. The Kier molecular flexibility index (Phi) is 6.32. The molecule has 0 aliphatic carbocycles. The molecule has 1 heterocycles. The minimum absolute atomic E-state index is 0.605. The van der Waals surface area contributed by atoms with Gasteiger partial charge in [-0.2, -0.15) is 0 Å². The van der Waals surface area contributed by atoms with E-state index < -0.39 is 4.93 Å². The molecule has 1 unspecified atom stereocenters. The maximum atomic E-state index is 10.8. The first-order valence-corrected chi connectivity index (χ1v) is 8.83. The van der Waals surface area contributed by atoms with Crippen molar-refractivity contribution in [3.8, 4) is 0 Å². The third-order valence-corrected chi connectivity index (χ3v) is 5.27. The van der Waals surface area contributed by atoms with Gasteiger partial charge in [0.2, 0.25) is 0 Å². The third kappa shape index (κ3) is 4.26. The van der Waals surface area contributed by atoms with Gasteiger partial charge in [-0.25, -0.2) is 0 Å². The van der Waals surface area contributed by atoms with Crippen LogP contribution in [-0.4, -0.2) is 47.7 Å². The molecule has 22 heavy (non-hydrogen) atoms. The van der Waals surface area contributed by atoms with Gasteiger partial charge < -0.3 is 21.1 Å². The highest BCUT2D eigenvalue weighted by Gasteiger charge is 2.30. The second-order valence-corrected chi connectivity index (χ2v) is 6.84. The number of hydrogen-bond acceptors (Lipinski definition) is 5. The summed E-state index contributed by atoms with van der Waals surface area (Å²) in [6.07, 6.45) is 4.69. The Balaban J connectivity index is 2.09. The molecule has 1 aliphatic rings. The first-order chi connectivity index (χ1) is 10.6. The van der Waals surface area contributed by atoms with Crippen LogP contribution in [0.1, 0.15) is 25.8 Å². The van der Waals surface area contributed by atoms with Crippen LogP contribution in [0.5, 0.6) is 0 Å². The zero-order valence-corrected chi connectivity index (χ0v) is 14.3. The van der Waals surface area contributed by atoms with Crippen molar-refractivity contribution in [2.24, 2.45) is 5.73 Å². The third-order valence-electron chi connectivity index (χ3n) is 4.00. The van der Waals surface area contributed by atoms with Crippen molar-refractivity contribution in [1.29, 1.82) is 0 Å². The van der Waals surface area contributed by atoms with Crippen molar-refractivity contribution in [2.75, 3.05) is 38.0 Å². The summed E-state index contributed by atoms with van der Waals surface area (Å²) in [4.78, 5) is 2.63. The fourth-order valence-electron chi connectivity index (χ4n) is 2.60. The normalized spacial score (nSPS) is 20.2. The van der Waals surface area contributed by atoms with Crippen molar-refractivity contribution >= 4 is 23.5 Å². The van der Waals surface area contributed by atoms with Gasteiger partial charge in [0.05, 0.1) is 0 Å². The van der Waals surface area contributed by atoms with Crippen LogP contribution in [0.25, 0.3) is 6.08 Å². The minimum Gasteiger partial charge on any atom is -0.383 e. The van der Waals surface area contributed by atoms with Crippen LogP contribution in [-0.2, 0) is 0 Å². The van der Waals surface area contributed by atoms with Gasteiger partial charge in [-0.15, -0.1) is 0 Å². The first kappa shape index (κ1) is 17.3. The molecule has 0 spiro atoms. The van der Waals surface area contributed by atoms with Gasteiger partial charge in [0.25, 0.3) is 0 Å². The number of benzene rings is 1. The molecule has 4 nitrogen and oxygen atoms in total. The molecule has 0 amide bonds. The number of aliphatic hydroxyl groups is 1. The van der Waals surface area contributed by atoms with E-state index >= 15 is 0 Å². The molecule has 0 radical (unpaired) electrons. The lowest BCUT2D eigenvalue weighted by molar-refractivity contribution is 0.153. The van der Waals surface area contributed by atoms with Gasteiger partial charge in [-0.05, 0) is 31.3 Å². The van der Waals surface area contributed by atoms with E-state index in [0.717, 1.165) is 48.7 Å². The number of rotatable bonds is 8. The number of fused-ring (bicyclic) bond motifs is 1. The van der Waals surface area contributed by atoms with Crippen molar-refractivity contribution < 1.29 is 5.11 Å². The lowest BCUT2D eigenvalue weighted by atomic mass is 10.1.